The summed E-state index contributed by atoms with van der Waals surface area (Å²) in [5, 5.41) is 9.24. The number of carboxylic acid groups (broad SMARTS) is 1. The number of amides is 1. The van der Waals surface area contributed by atoms with Crippen LogP contribution in [0.5, 0.6) is 0 Å². The van der Waals surface area contributed by atoms with Crippen molar-refractivity contribution in [1.82, 2.24) is 4.90 Å². The smallest absolute Gasteiger partial charge is 0.413 e. The van der Waals surface area contributed by atoms with Gasteiger partial charge >= 0.3 is 12.1 Å². The maximum absolute atomic E-state index is 12.3. The number of nitrogens with zero attached hydrogens (tertiary/aromatic N) is 1. The number of hydrogen-bond donors (Lipinski definition) is 1. The van der Waals surface area contributed by atoms with E-state index < -0.39 is 23.8 Å². The average molecular weight is 291 g/mol. The summed E-state index contributed by atoms with van der Waals surface area (Å²) < 4.78 is 10.8. The molecule has 0 bridgehead atoms. The normalized spacial score (nSPS) is 22.9. The van der Waals surface area contributed by atoms with E-state index in [1.54, 1.807) is 0 Å². The monoisotopic (exact) mass is 291 g/mol. The molecule has 1 aliphatic heterocycles. The molecule has 0 radical (unpaired) electrons. The number of hydrogen-bond acceptors (Lipinski definition) is 4. The van der Waals surface area contributed by atoms with Gasteiger partial charge in [0, 0.05) is 0 Å². The lowest BCUT2D eigenvalue weighted by Crippen LogP contribution is -2.57. The maximum Gasteiger partial charge on any atom is 0.413 e. The Morgan fingerprint density at radius 2 is 2.05 bits per heavy atom. The summed E-state index contributed by atoms with van der Waals surface area (Å²) >= 11 is 0. The molecular formula is C15H17NO5. The zero-order valence-electron chi connectivity index (χ0n) is 11.5. The van der Waals surface area contributed by atoms with Crippen LogP contribution in [0.2, 0.25) is 0 Å². The summed E-state index contributed by atoms with van der Waals surface area (Å²) in [5.41, 5.74) is 0.0945. The van der Waals surface area contributed by atoms with Gasteiger partial charge in [0.2, 0.25) is 0 Å². The molecule has 1 aromatic rings. The van der Waals surface area contributed by atoms with Crippen LogP contribution < -0.4 is 0 Å². The van der Waals surface area contributed by atoms with Crippen molar-refractivity contribution in [2.24, 2.45) is 0 Å². The van der Waals surface area contributed by atoms with Gasteiger partial charge in [0.1, 0.15) is 12.3 Å². The summed E-state index contributed by atoms with van der Waals surface area (Å²) in [6.07, 6.45) is 1.63. The van der Waals surface area contributed by atoms with Crippen LogP contribution in [0.1, 0.15) is 24.8 Å². The summed E-state index contributed by atoms with van der Waals surface area (Å²) in [7, 11) is 0. The fourth-order valence-corrected chi connectivity index (χ4v) is 2.79. The van der Waals surface area contributed by atoms with Gasteiger partial charge in [-0.05, 0) is 24.8 Å². The molecule has 2 fully saturated rings. The molecule has 1 unspecified atom stereocenters. The molecule has 1 spiro atoms. The highest BCUT2D eigenvalue weighted by Crippen LogP contribution is 2.44. The molecule has 1 aromatic carbocycles. The van der Waals surface area contributed by atoms with Crippen LogP contribution in [0, 0.1) is 0 Å². The van der Waals surface area contributed by atoms with Crippen LogP contribution in [0.15, 0.2) is 30.3 Å². The number of carbonyl (C=O) groups excluding carboxylic acids is 1. The molecular weight excluding hydrogens is 274 g/mol. The van der Waals surface area contributed by atoms with Crippen molar-refractivity contribution in [2.75, 3.05) is 6.61 Å². The molecule has 21 heavy (non-hydrogen) atoms. The predicted molar refractivity (Wildman–Crippen MR) is 72.4 cm³/mol. The van der Waals surface area contributed by atoms with E-state index in [0.717, 1.165) is 12.0 Å². The molecule has 6 heteroatoms. The summed E-state index contributed by atoms with van der Waals surface area (Å²) in [6, 6.07) is 8.33. The van der Waals surface area contributed by atoms with Crippen molar-refractivity contribution >= 4 is 12.1 Å². The second kappa shape index (κ2) is 5.37. The molecule has 1 heterocycles. The zero-order chi connectivity index (χ0) is 14.9. The van der Waals surface area contributed by atoms with E-state index in [-0.39, 0.29) is 13.2 Å². The highest BCUT2D eigenvalue weighted by Gasteiger charge is 2.56. The van der Waals surface area contributed by atoms with Gasteiger partial charge in [0.25, 0.3) is 0 Å². The van der Waals surface area contributed by atoms with Gasteiger partial charge in [-0.2, -0.15) is 0 Å². The van der Waals surface area contributed by atoms with E-state index in [1.807, 2.05) is 30.3 Å². The van der Waals surface area contributed by atoms with Crippen molar-refractivity contribution in [1.29, 1.82) is 0 Å². The predicted octanol–water partition coefficient (Wildman–Crippen LogP) is 1.99. The largest absolute Gasteiger partial charge is 0.480 e. The van der Waals surface area contributed by atoms with Gasteiger partial charge < -0.3 is 14.6 Å². The number of carboxylic acids is 1. The molecule has 3 rings (SSSR count). The first-order valence-electron chi connectivity index (χ1n) is 6.99. The van der Waals surface area contributed by atoms with Gasteiger partial charge in [-0.15, -0.1) is 0 Å². The molecule has 6 nitrogen and oxygen atoms in total. The Balaban J connectivity index is 1.70. The van der Waals surface area contributed by atoms with Crippen molar-refractivity contribution in [3.05, 3.63) is 35.9 Å². The molecule has 2 aliphatic rings. The lowest BCUT2D eigenvalue weighted by molar-refractivity contribution is -0.149. The van der Waals surface area contributed by atoms with Gasteiger partial charge in [0.15, 0.2) is 6.04 Å². The van der Waals surface area contributed by atoms with Crippen molar-refractivity contribution in [2.45, 2.75) is 37.6 Å². The number of benzene rings is 1. The molecule has 1 saturated carbocycles. The number of ether oxygens (including phenoxy) is 2. The zero-order valence-corrected chi connectivity index (χ0v) is 11.5. The third kappa shape index (κ3) is 2.47. The number of aliphatic carboxylic acids is 1. The van der Waals surface area contributed by atoms with E-state index in [1.165, 1.54) is 4.90 Å². The van der Waals surface area contributed by atoms with Crippen molar-refractivity contribution in [3.63, 3.8) is 0 Å². The van der Waals surface area contributed by atoms with Crippen LogP contribution in [0.25, 0.3) is 0 Å². The Kier molecular flexibility index (Phi) is 3.55. The van der Waals surface area contributed by atoms with Crippen LogP contribution in [-0.4, -0.2) is 40.4 Å². The lowest BCUT2D eigenvalue weighted by atomic mass is 9.87. The molecule has 1 aliphatic carbocycles. The highest BCUT2D eigenvalue weighted by molar-refractivity contribution is 5.81. The Labute approximate surface area is 122 Å². The minimum absolute atomic E-state index is 0.0236. The fourth-order valence-electron chi connectivity index (χ4n) is 2.79. The van der Waals surface area contributed by atoms with Gasteiger partial charge in [-0.25, -0.2) is 9.59 Å². The molecule has 1 amide bonds. The third-order valence-electron chi connectivity index (χ3n) is 4.08. The van der Waals surface area contributed by atoms with E-state index >= 15 is 0 Å². The third-order valence-corrected chi connectivity index (χ3v) is 4.08. The first kappa shape index (κ1) is 13.9. The Bertz CT molecular complexity index is 540. The Morgan fingerprint density at radius 1 is 1.33 bits per heavy atom. The van der Waals surface area contributed by atoms with E-state index in [2.05, 4.69) is 0 Å². The summed E-state index contributed by atoms with van der Waals surface area (Å²) in [6.45, 7) is 0.147. The Hall–Kier alpha value is -2.08. The topological polar surface area (TPSA) is 76.1 Å². The van der Waals surface area contributed by atoms with Gasteiger partial charge in [-0.3, -0.25) is 4.90 Å². The van der Waals surface area contributed by atoms with Crippen LogP contribution in [0.4, 0.5) is 4.79 Å². The quantitative estimate of drug-likeness (QED) is 0.921. The average Bonchev–Trinajstić information content (AvgIpc) is 2.86. The number of carbonyl (C=O) groups is 2. The molecule has 112 valence electrons. The minimum atomic E-state index is -1.06. The molecule has 1 saturated heterocycles. The molecule has 0 aromatic heterocycles. The minimum Gasteiger partial charge on any atom is -0.480 e. The second-order valence-corrected chi connectivity index (χ2v) is 5.37. The lowest BCUT2D eigenvalue weighted by Gasteiger charge is -2.43. The van der Waals surface area contributed by atoms with E-state index in [4.69, 9.17) is 9.47 Å². The van der Waals surface area contributed by atoms with Crippen molar-refractivity contribution < 1.29 is 24.2 Å². The summed E-state index contributed by atoms with van der Waals surface area (Å²) in [4.78, 5) is 24.9. The Morgan fingerprint density at radius 3 is 2.62 bits per heavy atom. The number of rotatable bonds is 3. The van der Waals surface area contributed by atoms with E-state index in [0.29, 0.717) is 12.8 Å². The fraction of sp³-hybridized carbons (Fsp3) is 0.467. The molecule has 1 atom stereocenters. The first-order valence-corrected chi connectivity index (χ1v) is 6.99. The standard InChI is InChI=1S/C15H17NO5/c17-13(18)12-10-21-15(7-4-8-15)16(12)14(19)20-9-11-5-2-1-3-6-11/h1-3,5-6,12H,4,7-10H2,(H,17,18). The highest BCUT2D eigenvalue weighted by atomic mass is 16.6. The van der Waals surface area contributed by atoms with Crippen LogP contribution in [0.3, 0.4) is 0 Å². The summed E-state index contributed by atoms with van der Waals surface area (Å²) in [5.74, 6) is -1.06. The second-order valence-electron chi connectivity index (χ2n) is 5.37. The van der Waals surface area contributed by atoms with E-state index in [9.17, 15) is 14.7 Å². The van der Waals surface area contributed by atoms with Crippen LogP contribution in [-0.2, 0) is 20.9 Å². The van der Waals surface area contributed by atoms with Crippen LogP contribution >= 0.6 is 0 Å². The maximum atomic E-state index is 12.3. The van der Waals surface area contributed by atoms with Gasteiger partial charge in [0.05, 0.1) is 6.61 Å². The van der Waals surface area contributed by atoms with Crippen molar-refractivity contribution in [3.8, 4) is 0 Å². The molecule has 1 N–H and O–H groups in total. The van der Waals surface area contributed by atoms with Gasteiger partial charge in [-0.1, -0.05) is 30.3 Å². The SMILES string of the molecule is O=C(O)C1COC2(CCC2)N1C(=O)OCc1ccccc1. The first-order chi connectivity index (χ1) is 10.1.